The van der Waals surface area contributed by atoms with Crippen molar-refractivity contribution >= 4 is 17.5 Å². The van der Waals surface area contributed by atoms with Gasteiger partial charge in [0.1, 0.15) is 0 Å². The number of nitrogens with zero attached hydrogens (tertiary/aromatic N) is 2. The van der Waals surface area contributed by atoms with Gasteiger partial charge in [-0.25, -0.2) is 4.85 Å². The van der Waals surface area contributed by atoms with Crippen LogP contribution in [0.3, 0.4) is 0 Å². The molecule has 6 rings (SSSR count). The van der Waals surface area contributed by atoms with Crippen molar-refractivity contribution in [3.05, 3.63) is 34.8 Å². The van der Waals surface area contributed by atoms with E-state index in [2.05, 4.69) is 39.5 Å². The molecular formula is C37H52N2O4. The van der Waals surface area contributed by atoms with Gasteiger partial charge >= 0.3 is 0 Å². The maximum absolute atomic E-state index is 14.7. The Bertz CT molecular complexity index is 1370. The maximum Gasteiger partial charge on any atom is 0.226 e. The van der Waals surface area contributed by atoms with Crippen LogP contribution in [0.1, 0.15) is 113 Å². The standard InChI is InChI=1S/C37H52N2O4/c1-32(2)14-16-37(13-10-29(42)39-18-11-23(40)22-39)17-15-36(7)30(24(37)20-32)26(41)19-28-34(5)21-25(38-8)31(43)33(3,4)27(34)9-12-35(28,36)6/h19,21,23-24,27,30,40H,9-18,20,22H2,1-7H3/t23-,24-,27-,30-,34-,35+,36+,37+/m0/s1. The highest BCUT2D eigenvalue weighted by atomic mass is 16.3. The van der Waals surface area contributed by atoms with Gasteiger partial charge in [-0.3, -0.25) is 9.59 Å². The lowest BCUT2D eigenvalue weighted by molar-refractivity contribution is -0.173. The molecule has 6 heteroatoms. The number of ketones is 2. The molecule has 0 bridgehead atoms. The molecule has 1 amide bonds. The van der Waals surface area contributed by atoms with E-state index in [0.717, 1.165) is 56.9 Å². The van der Waals surface area contributed by atoms with E-state index in [1.54, 1.807) is 0 Å². The number of carbonyl (C=O) groups excluding carboxylic acids is 3. The second-order valence-electron chi connectivity index (χ2n) is 17.4. The number of hydrogen-bond acceptors (Lipinski definition) is 4. The molecule has 0 aromatic heterocycles. The number of fused-ring (bicyclic) bond motifs is 7. The lowest BCUT2D eigenvalue weighted by Crippen LogP contribution is -2.64. The first-order valence-electron chi connectivity index (χ1n) is 16.8. The minimum absolute atomic E-state index is 0.0252. The smallest absolute Gasteiger partial charge is 0.226 e. The van der Waals surface area contributed by atoms with Crippen molar-refractivity contribution in [3.63, 3.8) is 0 Å². The van der Waals surface area contributed by atoms with Gasteiger partial charge in [-0.1, -0.05) is 60.1 Å². The van der Waals surface area contributed by atoms with Crippen LogP contribution in [0.2, 0.25) is 0 Å². The van der Waals surface area contributed by atoms with Gasteiger partial charge in [0.2, 0.25) is 11.6 Å². The van der Waals surface area contributed by atoms with Gasteiger partial charge < -0.3 is 14.8 Å². The molecule has 1 N–H and O–H groups in total. The Morgan fingerprint density at radius 1 is 1.02 bits per heavy atom. The molecule has 1 aliphatic heterocycles. The molecule has 234 valence electrons. The molecule has 0 aromatic carbocycles. The second-order valence-corrected chi connectivity index (χ2v) is 17.4. The molecule has 4 fully saturated rings. The highest BCUT2D eigenvalue weighted by molar-refractivity contribution is 6.03. The van der Waals surface area contributed by atoms with Gasteiger partial charge in [-0.2, -0.15) is 0 Å². The summed E-state index contributed by atoms with van der Waals surface area (Å²) in [5.74, 6) is 0.487. The predicted molar refractivity (Wildman–Crippen MR) is 166 cm³/mol. The number of aliphatic hydroxyl groups excluding tert-OH is 1. The summed E-state index contributed by atoms with van der Waals surface area (Å²) in [4.78, 5) is 46.8. The third kappa shape index (κ3) is 4.23. The Labute approximate surface area is 258 Å². The Balaban J connectivity index is 1.40. The van der Waals surface area contributed by atoms with Crippen molar-refractivity contribution < 1.29 is 19.5 Å². The Hall–Kier alpha value is -2.26. The van der Waals surface area contributed by atoms with Crippen molar-refractivity contribution in [3.8, 4) is 0 Å². The van der Waals surface area contributed by atoms with Crippen LogP contribution in [-0.4, -0.2) is 46.7 Å². The normalized spacial score (nSPS) is 44.7. The second kappa shape index (κ2) is 9.62. The minimum atomic E-state index is -0.653. The highest BCUT2D eigenvalue weighted by Gasteiger charge is 2.69. The summed E-state index contributed by atoms with van der Waals surface area (Å²) < 4.78 is 0. The Morgan fingerprint density at radius 2 is 1.72 bits per heavy atom. The van der Waals surface area contributed by atoms with E-state index in [4.69, 9.17) is 6.57 Å². The summed E-state index contributed by atoms with van der Waals surface area (Å²) in [7, 11) is 0. The topological polar surface area (TPSA) is 79.0 Å². The maximum atomic E-state index is 14.7. The summed E-state index contributed by atoms with van der Waals surface area (Å²) in [6.45, 7) is 24.5. The first-order valence-corrected chi connectivity index (χ1v) is 16.8. The van der Waals surface area contributed by atoms with Crippen molar-refractivity contribution in [2.24, 2.45) is 50.2 Å². The molecule has 0 radical (unpaired) electrons. The molecule has 1 saturated heterocycles. The summed E-state index contributed by atoms with van der Waals surface area (Å²) in [6.07, 6.45) is 12.5. The zero-order valence-corrected chi connectivity index (χ0v) is 27.5. The lowest BCUT2D eigenvalue weighted by Gasteiger charge is -2.69. The zero-order chi connectivity index (χ0) is 31.4. The monoisotopic (exact) mass is 588 g/mol. The van der Waals surface area contributed by atoms with E-state index >= 15 is 0 Å². The van der Waals surface area contributed by atoms with Gasteiger partial charge in [0.25, 0.3) is 0 Å². The fourth-order valence-corrected chi connectivity index (χ4v) is 11.6. The molecular weight excluding hydrogens is 536 g/mol. The number of aliphatic hydroxyl groups is 1. The Morgan fingerprint density at radius 3 is 2.37 bits per heavy atom. The number of β-amino-alcohol motifs (C(OH)–C–C–N with tert-alkyl or cyclic N) is 1. The van der Waals surface area contributed by atoms with Crippen LogP contribution in [0, 0.1) is 56.8 Å². The molecule has 8 atom stereocenters. The first kappa shape index (κ1) is 30.8. The van der Waals surface area contributed by atoms with Crippen molar-refractivity contribution in [1.29, 1.82) is 0 Å². The predicted octanol–water partition coefficient (Wildman–Crippen LogP) is 6.93. The van der Waals surface area contributed by atoms with Crippen LogP contribution in [0.4, 0.5) is 0 Å². The SMILES string of the molecule is [C-]#[N+]C1=C[C@]2(C)C3=CC(=O)[C@@H]4[C@@H]5CC(C)(C)CC[C@]5(CCC(=O)N5CC[C@H](O)C5)CC[C@@]4(C)[C@]3(C)CC[C@H]2C(C)(C)C1=O. The largest absolute Gasteiger partial charge is 0.391 e. The van der Waals surface area contributed by atoms with E-state index in [9.17, 15) is 19.5 Å². The number of amides is 1. The highest BCUT2D eigenvalue weighted by Crippen LogP contribution is 2.75. The zero-order valence-electron chi connectivity index (χ0n) is 27.5. The minimum Gasteiger partial charge on any atom is -0.391 e. The molecule has 6 nitrogen and oxygen atoms in total. The number of rotatable bonds is 3. The third-order valence-corrected chi connectivity index (χ3v) is 14.4. The van der Waals surface area contributed by atoms with E-state index in [1.807, 2.05) is 30.9 Å². The molecule has 43 heavy (non-hydrogen) atoms. The van der Waals surface area contributed by atoms with E-state index in [-0.39, 0.29) is 62.6 Å². The number of Topliss-reactive ketones (excluding diaryl/α,β-unsaturated/α-hetero) is 1. The number of likely N-dealkylation sites (tertiary alicyclic amines) is 1. The lowest BCUT2D eigenvalue weighted by atomic mass is 9.34. The molecule has 1 heterocycles. The Kier molecular flexibility index (Phi) is 6.88. The van der Waals surface area contributed by atoms with Gasteiger partial charge in [0.05, 0.1) is 12.7 Å². The summed E-state index contributed by atoms with van der Waals surface area (Å²) >= 11 is 0. The van der Waals surface area contributed by atoms with Crippen LogP contribution in [0.25, 0.3) is 4.85 Å². The van der Waals surface area contributed by atoms with E-state index in [1.165, 1.54) is 0 Å². The number of hydrogen-bond donors (Lipinski definition) is 1. The summed E-state index contributed by atoms with van der Waals surface area (Å²) in [6, 6.07) is 0. The molecule has 0 spiro atoms. The molecule has 3 saturated carbocycles. The molecule has 0 unspecified atom stereocenters. The first-order chi connectivity index (χ1) is 19.9. The number of carbonyl (C=O) groups is 3. The summed E-state index contributed by atoms with van der Waals surface area (Å²) in [5, 5.41) is 10.0. The molecule has 6 aliphatic rings. The van der Waals surface area contributed by atoms with Gasteiger partial charge in [-0.15, -0.1) is 0 Å². The fraction of sp³-hybridized carbons (Fsp3) is 0.784. The molecule has 5 aliphatic carbocycles. The van der Waals surface area contributed by atoms with Gasteiger partial charge in [0.15, 0.2) is 11.6 Å². The van der Waals surface area contributed by atoms with Gasteiger partial charge in [0, 0.05) is 36.3 Å². The van der Waals surface area contributed by atoms with Crippen LogP contribution in [-0.2, 0) is 14.4 Å². The van der Waals surface area contributed by atoms with Crippen LogP contribution in [0.5, 0.6) is 0 Å². The van der Waals surface area contributed by atoms with Crippen LogP contribution in [0.15, 0.2) is 23.4 Å². The average Bonchev–Trinajstić information content (AvgIpc) is 3.37. The van der Waals surface area contributed by atoms with Crippen LogP contribution < -0.4 is 0 Å². The van der Waals surface area contributed by atoms with Crippen LogP contribution >= 0.6 is 0 Å². The molecule has 0 aromatic rings. The quantitative estimate of drug-likeness (QED) is 0.363. The number of allylic oxidation sites excluding steroid dienone is 4. The van der Waals surface area contributed by atoms with Crippen molar-refractivity contribution in [2.45, 2.75) is 119 Å². The van der Waals surface area contributed by atoms with Crippen molar-refractivity contribution in [1.82, 2.24) is 4.90 Å². The van der Waals surface area contributed by atoms with Gasteiger partial charge in [-0.05, 0) is 97.4 Å². The average molecular weight is 589 g/mol. The summed E-state index contributed by atoms with van der Waals surface area (Å²) in [5.41, 5.74) is -0.127. The fourth-order valence-electron chi connectivity index (χ4n) is 11.6. The van der Waals surface area contributed by atoms with E-state index < -0.39 is 16.9 Å². The van der Waals surface area contributed by atoms with Crippen molar-refractivity contribution in [2.75, 3.05) is 13.1 Å². The van der Waals surface area contributed by atoms with E-state index in [0.29, 0.717) is 25.9 Å². The third-order valence-electron chi connectivity index (χ3n) is 14.4.